The number of phenols is 1. The summed E-state index contributed by atoms with van der Waals surface area (Å²) in [5.41, 5.74) is 0.907. The van der Waals surface area contributed by atoms with Crippen LogP contribution >= 0.6 is 19.4 Å². The molecule has 0 radical (unpaired) electrons. The molecule has 0 bridgehead atoms. The molecule has 2 aliphatic rings. The maximum atomic E-state index is 14.2. The first-order chi connectivity index (χ1) is 11.1. The highest BCUT2D eigenvalue weighted by atomic mass is 35.5. The zero-order valence-electron chi connectivity index (χ0n) is 12.6. The third-order valence-electron chi connectivity index (χ3n) is 4.72. The van der Waals surface area contributed by atoms with Gasteiger partial charge in [-0.1, -0.05) is 35.9 Å². The predicted octanol–water partition coefficient (Wildman–Crippen LogP) is 2.78. The molecule has 1 N–H and O–H groups in total. The Bertz CT molecular complexity index is 710. The van der Waals surface area contributed by atoms with Gasteiger partial charge in [-0.2, -0.15) is 4.67 Å². The summed E-state index contributed by atoms with van der Waals surface area (Å²) in [4.78, 5) is 14.2. The monoisotopic (exact) mass is 348 g/mol. The number of anilines is 1. The average molecular weight is 349 g/mol. The molecule has 120 valence electrons. The third kappa shape index (κ3) is 2.25. The normalized spacial score (nSPS) is 27.4. The van der Waals surface area contributed by atoms with Crippen LogP contribution < -0.4 is 14.9 Å². The molecule has 2 saturated heterocycles. The Balaban J connectivity index is 1.90. The van der Waals surface area contributed by atoms with Crippen LogP contribution in [0.15, 0.2) is 48.5 Å². The Hall–Kier alpha value is -1.32. The molecule has 0 aromatic heterocycles. The van der Waals surface area contributed by atoms with E-state index in [1.807, 2.05) is 35.0 Å². The van der Waals surface area contributed by atoms with Gasteiger partial charge in [0, 0.05) is 6.54 Å². The van der Waals surface area contributed by atoms with Crippen LogP contribution in [-0.2, 0) is 0 Å². The van der Waals surface area contributed by atoms with E-state index in [1.54, 1.807) is 18.2 Å². The fourth-order valence-corrected chi connectivity index (χ4v) is 7.62. The first-order valence-electron chi connectivity index (χ1n) is 7.80. The molecule has 4 rings (SSSR count). The summed E-state index contributed by atoms with van der Waals surface area (Å²) in [6, 6.07) is 14.9. The molecule has 6 heteroatoms. The van der Waals surface area contributed by atoms with Gasteiger partial charge in [0.1, 0.15) is 0 Å². The van der Waals surface area contributed by atoms with Gasteiger partial charge in [0.05, 0.1) is 23.3 Å². The van der Waals surface area contributed by atoms with Gasteiger partial charge in [-0.05, 0) is 37.1 Å². The minimum atomic E-state index is -3.15. The summed E-state index contributed by atoms with van der Waals surface area (Å²) in [5.74, 6) is 0.00862. The Morgan fingerprint density at radius 1 is 1.13 bits per heavy atom. The van der Waals surface area contributed by atoms with Crippen molar-refractivity contribution in [2.24, 2.45) is 0 Å². The highest BCUT2D eigenvalue weighted by molar-refractivity contribution is 7.76. The van der Waals surface area contributed by atoms with Gasteiger partial charge >= 0.3 is 0 Å². The van der Waals surface area contributed by atoms with Crippen molar-refractivity contribution in [3.05, 3.63) is 53.6 Å². The van der Waals surface area contributed by atoms with E-state index in [0.29, 0.717) is 16.9 Å². The lowest BCUT2D eigenvalue weighted by atomic mass is 10.2. The van der Waals surface area contributed by atoms with Crippen LogP contribution in [0, 0.1) is 0 Å². The van der Waals surface area contributed by atoms with Crippen LogP contribution in [0.1, 0.15) is 12.8 Å². The minimum absolute atomic E-state index is 0.00862. The molecule has 2 atom stereocenters. The van der Waals surface area contributed by atoms with Gasteiger partial charge in [0.15, 0.2) is 18.8 Å². The van der Waals surface area contributed by atoms with E-state index < -0.39 is 7.79 Å². The number of para-hydroxylation sites is 1. The van der Waals surface area contributed by atoms with Crippen LogP contribution in [0.4, 0.5) is 5.69 Å². The lowest BCUT2D eigenvalue weighted by Crippen LogP contribution is -2.41. The van der Waals surface area contributed by atoms with Crippen molar-refractivity contribution in [2.45, 2.75) is 18.9 Å². The van der Waals surface area contributed by atoms with Gasteiger partial charge < -0.3 is 10.00 Å². The second-order valence-electron chi connectivity index (χ2n) is 6.03. The molecule has 2 aromatic rings. The molecule has 1 unspecified atom stereocenters. The van der Waals surface area contributed by atoms with Crippen LogP contribution in [-0.4, -0.2) is 28.9 Å². The second-order valence-corrected chi connectivity index (χ2v) is 8.97. The first kappa shape index (κ1) is 15.2. The van der Waals surface area contributed by atoms with Gasteiger partial charge in [-0.3, -0.25) is 0 Å². The molecule has 0 amide bonds. The summed E-state index contributed by atoms with van der Waals surface area (Å²) in [7, 11) is -3.15. The van der Waals surface area contributed by atoms with Gasteiger partial charge in [-0.15, -0.1) is 0 Å². The van der Waals surface area contributed by atoms with Crippen LogP contribution in [0.25, 0.3) is 0 Å². The zero-order chi connectivity index (χ0) is 16.0. The standard InChI is InChI=1S/C17H18ClN2O2P/c18-15-9-4-10-16(21)17(15)23(22)19-11-5-8-14(19)12-20(23)13-6-2-1-3-7-13/h1-4,6-7,9-10,14,21H,5,8,11-12H2/t14-,23?/m0/s1. The van der Waals surface area contributed by atoms with E-state index in [9.17, 15) is 10.00 Å². The highest BCUT2D eigenvalue weighted by Gasteiger charge is 2.57. The maximum Gasteiger partial charge on any atom is 0.189 e. The lowest BCUT2D eigenvalue weighted by Gasteiger charge is -2.40. The van der Waals surface area contributed by atoms with E-state index in [0.717, 1.165) is 25.1 Å². The minimum Gasteiger partial charge on any atom is -0.642 e. The number of hydrogen-bond donors (Lipinski definition) is 1. The Morgan fingerprint density at radius 2 is 1.91 bits per heavy atom. The summed E-state index contributed by atoms with van der Waals surface area (Å²) in [6.07, 6.45) is 2.06. The Labute approximate surface area is 141 Å². The molecular formula is C17H18ClN2O2P. The predicted molar refractivity (Wildman–Crippen MR) is 93.2 cm³/mol. The number of aromatic hydroxyl groups is 1. The molecule has 2 heterocycles. The average Bonchev–Trinajstić information content (AvgIpc) is 3.11. The van der Waals surface area contributed by atoms with Crippen LogP contribution in [0.3, 0.4) is 0 Å². The number of fused-ring (bicyclic) bond motifs is 1. The Kier molecular flexibility index (Phi) is 3.73. The van der Waals surface area contributed by atoms with Crippen LogP contribution in [0.2, 0.25) is 5.02 Å². The van der Waals surface area contributed by atoms with Crippen molar-refractivity contribution in [3.63, 3.8) is 0 Å². The number of halogens is 1. The summed E-state index contributed by atoms with van der Waals surface area (Å²) in [5, 5.41) is 11.1. The summed E-state index contributed by atoms with van der Waals surface area (Å²) in [6.45, 7) is 1.47. The number of phenolic OH excluding ortho intramolecular Hbond substituents is 1. The number of nitrogens with zero attached hydrogens (tertiary/aromatic N) is 2. The zero-order valence-corrected chi connectivity index (χ0v) is 14.3. The van der Waals surface area contributed by atoms with Crippen molar-refractivity contribution in [3.8, 4) is 5.75 Å². The fourth-order valence-electron chi connectivity index (χ4n) is 3.72. The quantitative estimate of drug-likeness (QED) is 0.848. The molecule has 2 fully saturated rings. The van der Waals surface area contributed by atoms with E-state index in [2.05, 4.69) is 4.67 Å². The smallest absolute Gasteiger partial charge is 0.189 e. The number of hydrogen-bond acceptors (Lipinski definition) is 4. The van der Waals surface area contributed by atoms with Crippen molar-refractivity contribution in [2.75, 3.05) is 17.8 Å². The molecule has 2 aliphatic heterocycles. The largest absolute Gasteiger partial charge is 0.642 e. The topological polar surface area (TPSA) is 49.8 Å². The van der Waals surface area contributed by atoms with Crippen molar-refractivity contribution in [1.82, 2.24) is 4.67 Å². The summed E-state index contributed by atoms with van der Waals surface area (Å²) >= 11 is 6.36. The van der Waals surface area contributed by atoms with Crippen molar-refractivity contribution < 1.29 is 10.00 Å². The van der Waals surface area contributed by atoms with E-state index in [4.69, 9.17) is 11.6 Å². The molecule has 0 aliphatic carbocycles. The lowest BCUT2D eigenvalue weighted by molar-refractivity contribution is -0.176. The van der Waals surface area contributed by atoms with Gasteiger partial charge in [0.25, 0.3) is 0 Å². The fraction of sp³-hybridized carbons (Fsp3) is 0.294. The molecule has 0 spiro atoms. The van der Waals surface area contributed by atoms with Gasteiger partial charge in [0.2, 0.25) is 0 Å². The number of rotatable bonds is 2. The molecule has 2 aromatic carbocycles. The highest BCUT2D eigenvalue weighted by Crippen LogP contribution is 2.66. The third-order valence-corrected chi connectivity index (χ3v) is 8.49. The summed E-state index contributed by atoms with van der Waals surface area (Å²) < 4.78 is 4.00. The van der Waals surface area contributed by atoms with Gasteiger partial charge in [-0.25, -0.2) is 4.67 Å². The number of benzene rings is 2. The van der Waals surface area contributed by atoms with E-state index >= 15 is 0 Å². The molecular weight excluding hydrogens is 331 g/mol. The first-order valence-corrected chi connectivity index (χ1v) is 9.79. The van der Waals surface area contributed by atoms with E-state index in [-0.39, 0.29) is 11.8 Å². The van der Waals surface area contributed by atoms with Crippen molar-refractivity contribution in [1.29, 1.82) is 0 Å². The Morgan fingerprint density at radius 3 is 2.65 bits per heavy atom. The molecule has 0 saturated carbocycles. The SMILES string of the molecule is [O-][P+]1(c2c(O)cccc2Cl)N(c2ccccc2)C[C@@H]2CCCN21. The molecule has 23 heavy (non-hydrogen) atoms. The maximum absolute atomic E-state index is 14.2. The molecule has 4 nitrogen and oxygen atoms in total. The van der Waals surface area contributed by atoms with E-state index in [1.165, 1.54) is 0 Å². The second kappa shape index (κ2) is 5.64. The van der Waals surface area contributed by atoms with Crippen LogP contribution in [0.5, 0.6) is 5.75 Å². The van der Waals surface area contributed by atoms with Crippen molar-refractivity contribution >= 4 is 30.4 Å².